The first-order valence-electron chi connectivity index (χ1n) is 3.58. The fraction of sp³-hybridized carbons (Fsp3) is 0.429. The highest BCUT2D eigenvalue weighted by Gasteiger charge is 2.31. The molecule has 1 heterocycles. The summed E-state index contributed by atoms with van der Waals surface area (Å²) in [4.78, 5) is 15.1. The van der Waals surface area contributed by atoms with E-state index in [9.17, 15) is 4.79 Å². The zero-order valence-corrected chi connectivity index (χ0v) is 8.52. The van der Waals surface area contributed by atoms with E-state index in [4.69, 9.17) is 4.74 Å². The number of thiazole rings is 1. The Morgan fingerprint density at radius 2 is 2.50 bits per heavy atom. The van der Waals surface area contributed by atoms with E-state index in [0.29, 0.717) is 5.88 Å². The monoisotopic (exact) mass is 247 g/mol. The van der Waals surface area contributed by atoms with Crippen LogP contribution >= 0.6 is 27.3 Å². The van der Waals surface area contributed by atoms with Crippen LogP contribution in [-0.2, 0) is 4.79 Å². The van der Waals surface area contributed by atoms with Crippen LogP contribution in [0.5, 0.6) is 5.88 Å². The van der Waals surface area contributed by atoms with Crippen LogP contribution in [0, 0.1) is 5.92 Å². The maximum atomic E-state index is 11.1. The van der Waals surface area contributed by atoms with Crippen molar-refractivity contribution in [2.45, 2.75) is 12.8 Å². The highest BCUT2D eigenvalue weighted by Crippen LogP contribution is 2.31. The molecule has 0 amide bonds. The summed E-state index contributed by atoms with van der Waals surface area (Å²) in [6, 6.07) is 0. The molecule has 1 aromatic heterocycles. The molecule has 1 aliphatic rings. The summed E-state index contributed by atoms with van der Waals surface area (Å²) in [5, 5.41) is 1.71. The molecule has 12 heavy (non-hydrogen) atoms. The summed E-state index contributed by atoms with van der Waals surface area (Å²) in [7, 11) is 0. The number of hydrogen-bond donors (Lipinski definition) is 0. The number of carbonyl (C=O) groups excluding carboxylic acids is 1. The van der Waals surface area contributed by atoms with Gasteiger partial charge >= 0.3 is 5.97 Å². The van der Waals surface area contributed by atoms with Gasteiger partial charge in [-0.2, -0.15) is 4.98 Å². The van der Waals surface area contributed by atoms with E-state index >= 15 is 0 Å². The second kappa shape index (κ2) is 3.14. The Kier molecular flexibility index (Phi) is 2.14. The Balaban J connectivity index is 1.98. The van der Waals surface area contributed by atoms with Crippen molar-refractivity contribution in [2.24, 2.45) is 5.92 Å². The second-order valence-electron chi connectivity index (χ2n) is 2.63. The molecule has 0 aliphatic heterocycles. The van der Waals surface area contributed by atoms with Gasteiger partial charge in [0.05, 0.1) is 11.3 Å². The lowest BCUT2D eigenvalue weighted by molar-refractivity contribution is -0.136. The van der Waals surface area contributed by atoms with Crippen molar-refractivity contribution in [1.29, 1.82) is 0 Å². The van der Waals surface area contributed by atoms with Gasteiger partial charge < -0.3 is 4.74 Å². The fourth-order valence-electron chi connectivity index (χ4n) is 0.791. The molecular weight excluding hydrogens is 242 g/mol. The topological polar surface area (TPSA) is 39.2 Å². The van der Waals surface area contributed by atoms with Crippen LogP contribution in [-0.4, -0.2) is 11.0 Å². The number of carbonyl (C=O) groups is 1. The number of hydrogen-bond acceptors (Lipinski definition) is 4. The zero-order chi connectivity index (χ0) is 8.55. The Labute approximate surface area is 81.9 Å². The largest absolute Gasteiger partial charge is 0.406 e. The van der Waals surface area contributed by atoms with Gasteiger partial charge in [0.2, 0.25) is 5.88 Å². The van der Waals surface area contributed by atoms with E-state index in [-0.39, 0.29) is 11.9 Å². The molecule has 64 valence electrons. The fourth-order valence-corrected chi connectivity index (χ4v) is 1.69. The van der Waals surface area contributed by atoms with Crippen LogP contribution in [0.15, 0.2) is 9.30 Å². The Morgan fingerprint density at radius 3 is 3.00 bits per heavy atom. The number of nitrogens with zero attached hydrogens (tertiary/aromatic N) is 1. The molecule has 1 aliphatic carbocycles. The number of esters is 1. The molecule has 1 fully saturated rings. The quantitative estimate of drug-likeness (QED) is 0.753. The van der Waals surface area contributed by atoms with E-state index in [1.807, 2.05) is 0 Å². The van der Waals surface area contributed by atoms with Crippen LogP contribution in [0.3, 0.4) is 0 Å². The lowest BCUT2D eigenvalue weighted by Crippen LogP contribution is -2.09. The summed E-state index contributed by atoms with van der Waals surface area (Å²) in [6.45, 7) is 0. The molecule has 1 saturated carbocycles. The van der Waals surface area contributed by atoms with Crippen molar-refractivity contribution in [2.75, 3.05) is 0 Å². The minimum atomic E-state index is -0.146. The van der Waals surface area contributed by atoms with Crippen LogP contribution in [0.25, 0.3) is 0 Å². The molecule has 0 bridgehead atoms. The van der Waals surface area contributed by atoms with Gasteiger partial charge in [0.1, 0.15) is 0 Å². The molecule has 5 heteroatoms. The summed E-state index contributed by atoms with van der Waals surface area (Å²) < 4.78 is 5.73. The zero-order valence-electron chi connectivity index (χ0n) is 6.12. The molecule has 0 atom stereocenters. The van der Waals surface area contributed by atoms with Gasteiger partial charge in [-0.15, -0.1) is 11.3 Å². The maximum Gasteiger partial charge on any atom is 0.315 e. The lowest BCUT2D eigenvalue weighted by Gasteiger charge is -1.96. The van der Waals surface area contributed by atoms with Crippen molar-refractivity contribution in [3.63, 3.8) is 0 Å². The summed E-state index contributed by atoms with van der Waals surface area (Å²) in [5.41, 5.74) is 0. The average molecular weight is 248 g/mol. The van der Waals surface area contributed by atoms with E-state index in [1.165, 1.54) is 11.3 Å². The Morgan fingerprint density at radius 1 is 1.75 bits per heavy atom. The Hall–Kier alpha value is -0.420. The van der Waals surface area contributed by atoms with Crippen LogP contribution in [0.4, 0.5) is 0 Å². The number of halogens is 1. The molecule has 0 N–H and O–H groups in total. The number of aromatic nitrogens is 1. The predicted octanol–water partition coefficient (Wildman–Crippen LogP) is 2.22. The van der Waals surface area contributed by atoms with Gasteiger partial charge in [-0.3, -0.25) is 4.79 Å². The van der Waals surface area contributed by atoms with Crippen molar-refractivity contribution in [3.05, 3.63) is 9.30 Å². The van der Waals surface area contributed by atoms with Crippen molar-refractivity contribution in [3.8, 4) is 5.88 Å². The van der Waals surface area contributed by atoms with Crippen molar-refractivity contribution < 1.29 is 9.53 Å². The SMILES string of the molecule is O=C(Oc1csc(Br)n1)C1CC1. The van der Waals surface area contributed by atoms with Gasteiger partial charge in [0.25, 0.3) is 0 Å². The molecule has 3 nitrogen and oxygen atoms in total. The maximum absolute atomic E-state index is 11.1. The molecule has 0 unspecified atom stereocenters. The third-order valence-corrected chi connectivity index (χ3v) is 2.91. The highest BCUT2D eigenvalue weighted by atomic mass is 79.9. The summed E-state index contributed by atoms with van der Waals surface area (Å²) >= 11 is 4.60. The van der Waals surface area contributed by atoms with Crippen LogP contribution < -0.4 is 4.74 Å². The highest BCUT2D eigenvalue weighted by molar-refractivity contribution is 9.11. The number of ether oxygens (including phenoxy) is 1. The lowest BCUT2D eigenvalue weighted by atomic mass is 10.4. The van der Waals surface area contributed by atoms with Gasteiger partial charge in [-0.25, -0.2) is 0 Å². The first-order chi connectivity index (χ1) is 5.75. The molecular formula is C7H6BrNO2S. The first-order valence-corrected chi connectivity index (χ1v) is 5.25. The van der Waals surface area contributed by atoms with Gasteiger partial charge in [0.15, 0.2) is 3.92 Å². The minimum Gasteiger partial charge on any atom is -0.406 e. The van der Waals surface area contributed by atoms with Gasteiger partial charge in [-0.1, -0.05) is 0 Å². The standard InChI is InChI=1S/C7H6BrNO2S/c8-7-9-5(3-12-7)11-6(10)4-1-2-4/h3-4H,1-2H2. The van der Waals surface area contributed by atoms with Crippen molar-refractivity contribution >= 4 is 33.2 Å². The second-order valence-corrected chi connectivity index (χ2v) is 4.77. The van der Waals surface area contributed by atoms with Crippen LogP contribution in [0.2, 0.25) is 0 Å². The van der Waals surface area contributed by atoms with Crippen molar-refractivity contribution in [1.82, 2.24) is 4.98 Å². The molecule has 0 spiro atoms. The first kappa shape index (κ1) is 8.19. The predicted molar refractivity (Wildman–Crippen MR) is 48.2 cm³/mol. The third kappa shape index (κ3) is 1.84. The van der Waals surface area contributed by atoms with E-state index in [1.54, 1.807) is 5.38 Å². The summed E-state index contributed by atoms with van der Waals surface area (Å²) in [6.07, 6.45) is 1.92. The summed E-state index contributed by atoms with van der Waals surface area (Å²) in [5.74, 6) is 0.391. The Bertz CT molecular complexity index is 308. The molecule has 2 rings (SSSR count). The van der Waals surface area contributed by atoms with E-state index in [0.717, 1.165) is 16.8 Å². The smallest absolute Gasteiger partial charge is 0.315 e. The molecule has 0 saturated heterocycles. The molecule has 0 aromatic carbocycles. The molecule has 0 radical (unpaired) electrons. The van der Waals surface area contributed by atoms with E-state index < -0.39 is 0 Å². The normalized spacial score (nSPS) is 16.1. The van der Waals surface area contributed by atoms with Crippen LogP contribution in [0.1, 0.15) is 12.8 Å². The average Bonchev–Trinajstić information content (AvgIpc) is 2.78. The van der Waals surface area contributed by atoms with Gasteiger partial charge in [0, 0.05) is 0 Å². The van der Waals surface area contributed by atoms with Gasteiger partial charge in [-0.05, 0) is 28.8 Å². The van der Waals surface area contributed by atoms with E-state index in [2.05, 4.69) is 20.9 Å². The number of rotatable bonds is 2. The molecule has 1 aromatic rings. The third-order valence-electron chi connectivity index (χ3n) is 1.57. The minimum absolute atomic E-state index is 0.130.